The predicted octanol–water partition coefficient (Wildman–Crippen LogP) is 5.20. The Morgan fingerprint density at radius 3 is 2.25 bits per heavy atom. The van der Waals surface area contributed by atoms with E-state index in [4.69, 9.17) is 0 Å². The molecule has 0 fully saturated rings. The first-order valence-corrected chi connectivity index (χ1v) is 10.1. The third kappa shape index (κ3) is 4.30. The minimum Gasteiger partial charge on any atom is -0.372 e. The average Bonchev–Trinajstić information content (AvgIpc) is 3.04. The summed E-state index contributed by atoms with van der Waals surface area (Å²) in [6.45, 7) is 8.34. The monoisotopic (exact) mass is 376 g/mol. The number of hydrazone groups is 1. The Kier molecular flexibility index (Phi) is 6.58. The van der Waals surface area contributed by atoms with Crippen molar-refractivity contribution in [1.82, 2.24) is 0 Å². The van der Waals surface area contributed by atoms with Crippen LogP contribution in [-0.2, 0) is 4.79 Å². The zero-order chi connectivity index (χ0) is 19.9. The molecule has 0 bridgehead atoms. The summed E-state index contributed by atoms with van der Waals surface area (Å²) >= 11 is 0. The van der Waals surface area contributed by atoms with E-state index in [-0.39, 0.29) is 5.91 Å². The van der Waals surface area contributed by atoms with Gasteiger partial charge in [0.1, 0.15) is 0 Å². The predicted molar refractivity (Wildman–Crippen MR) is 118 cm³/mol. The zero-order valence-corrected chi connectivity index (χ0v) is 16.9. The molecule has 0 aliphatic carbocycles. The lowest BCUT2D eigenvalue weighted by Gasteiger charge is -2.20. The number of rotatable bonds is 8. The fraction of sp³-hybridized carbons (Fsp3) is 0.348. The first-order chi connectivity index (χ1) is 13.7. The van der Waals surface area contributed by atoms with E-state index in [1.807, 2.05) is 42.5 Å². The summed E-state index contributed by atoms with van der Waals surface area (Å²) in [6.07, 6.45) is 2.78. The maximum Gasteiger partial charge on any atom is 0.299 e. The molecule has 3 rings (SSSR count). The molecule has 2 aromatic rings. The molecule has 0 N–H and O–H groups in total. The van der Waals surface area contributed by atoms with Crippen LogP contribution in [0.4, 0.5) is 17.1 Å². The molecule has 0 spiro atoms. The number of carbonyl (C=O) groups excluding carboxylic acids is 1. The average molecular weight is 377 g/mol. The summed E-state index contributed by atoms with van der Waals surface area (Å²) in [5.74, 6) is -0.162. The van der Waals surface area contributed by atoms with Crippen molar-refractivity contribution >= 4 is 34.4 Å². The molecule has 1 heterocycles. The molecule has 1 aliphatic rings. The lowest BCUT2D eigenvalue weighted by atomic mass is 10.1. The second-order valence-electron chi connectivity index (χ2n) is 6.75. The number of hydrogen-bond donors (Lipinski definition) is 0. The number of carbonyl (C=O) groups is 1. The van der Waals surface area contributed by atoms with Gasteiger partial charge >= 0.3 is 0 Å². The van der Waals surface area contributed by atoms with Crippen molar-refractivity contribution in [1.29, 1.82) is 0 Å². The Bertz CT molecular complexity index is 852. The van der Waals surface area contributed by atoms with Crippen LogP contribution in [0.15, 0.2) is 64.7 Å². The Balaban J connectivity index is 1.90. The van der Waals surface area contributed by atoms with Crippen LogP contribution in [0.25, 0.3) is 0 Å². The highest BCUT2D eigenvalue weighted by atomic mass is 16.2. The summed E-state index contributed by atoms with van der Waals surface area (Å²) in [4.78, 5) is 20.0. The summed E-state index contributed by atoms with van der Waals surface area (Å²) in [7, 11) is 0. The molecule has 146 valence electrons. The van der Waals surface area contributed by atoms with Gasteiger partial charge in [0.05, 0.1) is 17.1 Å². The molecule has 0 aromatic heterocycles. The van der Waals surface area contributed by atoms with E-state index in [1.54, 1.807) is 0 Å². The number of aliphatic imine (C=N–C) groups is 1. The molecule has 0 saturated heterocycles. The number of para-hydroxylation sites is 1. The smallest absolute Gasteiger partial charge is 0.299 e. The number of anilines is 2. The van der Waals surface area contributed by atoms with Gasteiger partial charge in [-0.05, 0) is 63.1 Å². The Hall–Kier alpha value is -2.95. The highest BCUT2D eigenvalue weighted by Gasteiger charge is 2.32. The van der Waals surface area contributed by atoms with Crippen LogP contribution in [0.5, 0.6) is 0 Å². The van der Waals surface area contributed by atoms with E-state index in [9.17, 15) is 4.79 Å². The third-order valence-corrected chi connectivity index (χ3v) is 4.88. The largest absolute Gasteiger partial charge is 0.372 e. The maximum atomic E-state index is 13.0. The molecule has 28 heavy (non-hydrogen) atoms. The lowest BCUT2D eigenvalue weighted by Crippen LogP contribution is -2.27. The second kappa shape index (κ2) is 9.31. The molecular weight excluding hydrogens is 348 g/mol. The molecule has 0 radical (unpaired) electrons. The van der Waals surface area contributed by atoms with Gasteiger partial charge in [0.2, 0.25) is 0 Å². The van der Waals surface area contributed by atoms with E-state index in [1.165, 1.54) is 5.01 Å². The van der Waals surface area contributed by atoms with Crippen molar-refractivity contribution in [2.75, 3.05) is 23.0 Å². The highest BCUT2D eigenvalue weighted by Crippen LogP contribution is 2.24. The topological polar surface area (TPSA) is 48.3 Å². The van der Waals surface area contributed by atoms with Crippen molar-refractivity contribution in [3.63, 3.8) is 0 Å². The summed E-state index contributed by atoms with van der Waals surface area (Å²) in [5, 5.41) is 6.05. The molecule has 1 aliphatic heterocycles. The van der Waals surface area contributed by atoms with Crippen molar-refractivity contribution in [2.24, 2.45) is 10.1 Å². The Morgan fingerprint density at radius 1 is 0.964 bits per heavy atom. The normalized spacial score (nSPS) is 15.2. The van der Waals surface area contributed by atoms with Crippen LogP contribution in [0.2, 0.25) is 0 Å². The second-order valence-corrected chi connectivity index (χ2v) is 6.75. The molecule has 5 nitrogen and oxygen atoms in total. The number of nitrogens with zero attached hydrogens (tertiary/aromatic N) is 4. The van der Waals surface area contributed by atoms with Gasteiger partial charge in [0, 0.05) is 18.8 Å². The standard InChI is InChI=1S/C23H28N4O/c1-4-7-13-21-22(23(28)27(25-21)20-11-9-8-10-12-20)24-18-14-16-19(17-15-18)26(5-2)6-3/h8-12,14-17H,4-7,13H2,1-3H3. The van der Waals surface area contributed by atoms with Gasteiger partial charge in [-0.3, -0.25) is 4.79 Å². The van der Waals surface area contributed by atoms with E-state index in [2.05, 4.69) is 47.9 Å². The minimum atomic E-state index is -0.162. The number of benzene rings is 2. The van der Waals surface area contributed by atoms with Crippen LogP contribution in [0.1, 0.15) is 40.0 Å². The van der Waals surface area contributed by atoms with Crippen LogP contribution < -0.4 is 9.91 Å². The lowest BCUT2D eigenvalue weighted by molar-refractivity contribution is -0.112. The van der Waals surface area contributed by atoms with E-state index in [0.29, 0.717) is 5.71 Å². The van der Waals surface area contributed by atoms with Gasteiger partial charge in [-0.15, -0.1) is 0 Å². The van der Waals surface area contributed by atoms with Crippen molar-refractivity contribution in [2.45, 2.75) is 40.0 Å². The minimum absolute atomic E-state index is 0.162. The zero-order valence-electron chi connectivity index (χ0n) is 16.9. The summed E-state index contributed by atoms with van der Waals surface area (Å²) in [6, 6.07) is 17.6. The molecular formula is C23H28N4O. The molecule has 1 amide bonds. The van der Waals surface area contributed by atoms with Crippen LogP contribution in [-0.4, -0.2) is 30.4 Å². The molecule has 0 unspecified atom stereocenters. The quantitative estimate of drug-likeness (QED) is 0.636. The third-order valence-electron chi connectivity index (χ3n) is 4.88. The fourth-order valence-electron chi connectivity index (χ4n) is 3.26. The van der Waals surface area contributed by atoms with Crippen LogP contribution in [0, 0.1) is 0 Å². The summed E-state index contributed by atoms with van der Waals surface area (Å²) in [5.41, 5.74) is 3.93. The van der Waals surface area contributed by atoms with Gasteiger partial charge < -0.3 is 4.90 Å². The maximum absolute atomic E-state index is 13.0. The van der Waals surface area contributed by atoms with E-state index < -0.39 is 0 Å². The van der Waals surface area contributed by atoms with Crippen LogP contribution in [0.3, 0.4) is 0 Å². The van der Waals surface area contributed by atoms with Crippen LogP contribution >= 0.6 is 0 Å². The molecule has 0 saturated carbocycles. The SMILES string of the molecule is CCCCC1=NN(c2ccccc2)C(=O)C1=Nc1ccc(N(CC)CC)cc1. The number of amides is 1. The van der Waals surface area contributed by atoms with Crippen molar-refractivity contribution in [3.05, 3.63) is 54.6 Å². The van der Waals surface area contributed by atoms with E-state index >= 15 is 0 Å². The first kappa shape index (κ1) is 19.8. The van der Waals surface area contributed by atoms with Gasteiger partial charge in [0.25, 0.3) is 5.91 Å². The first-order valence-electron chi connectivity index (χ1n) is 10.1. The highest BCUT2D eigenvalue weighted by molar-refractivity contribution is 6.71. The number of unbranched alkanes of at least 4 members (excludes halogenated alkanes) is 1. The van der Waals surface area contributed by atoms with Gasteiger partial charge in [-0.25, -0.2) is 4.99 Å². The number of hydrogen-bond acceptors (Lipinski definition) is 4. The summed E-state index contributed by atoms with van der Waals surface area (Å²) < 4.78 is 0. The van der Waals surface area contributed by atoms with Gasteiger partial charge in [-0.2, -0.15) is 10.1 Å². The van der Waals surface area contributed by atoms with E-state index in [0.717, 1.165) is 55.1 Å². The fourth-order valence-corrected chi connectivity index (χ4v) is 3.26. The molecule has 5 heteroatoms. The molecule has 2 aromatic carbocycles. The van der Waals surface area contributed by atoms with Gasteiger partial charge in [0.15, 0.2) is 5.71 Å². The Labute approximate surface area is 167 Å². The molecule has 0 atom stereocenters. The van der Waals surface area contributed by atoms with Crippen molar-refractivity contribution in [3.8, 4) is 0 Å². The van der Waals surface area contributed by atoms with Crippen molar-refractivity contribution < 1.29 is 4.79 Å². The Morgan fingerprint density at radius 2 is 1.64 bits per heavy atom. The van der Waals surface area contributed by atoms with Gasteiger partial charge in [-0.1, -0.05) is 31.5 Å².